The van der Waals surface area contributed by atoms with Crippen LogP contribution in [0.1, 0.15) is 36.5 Å². The summed E-state index contributed by atoms with van der Waals surface area (Å²) in [4.78, 5) is 48.8. The average Bonchev–Trinajstić information content (AvgIpc) is 3.45. The Morgan fingerprint density at radius 2 is 1.90 bits per heavy atom. The summed E-state index contributed by atoms with van der Waals surface area (Å²) in [6.07, 6.45) is 1.28. The second-order valence-electron chi connectivity index (χ2n) is 7.13. The highest BCUT2D eigenvalue weighted by Gasteiger charge is 2.42. The molecule has 1 amide bonds. The van der Waals surface area contributed by atoms with E-state index in [2.05, 4.69) is 11.9 Å². The van der Waals surface area contributed by atoms with Crippen molar-refractivity contribution < 1.29 is 28.8 Å². The van der Waals surface area contributed by atoms with Crippen molar-refractivity contribution in [1.82, 2.24) is 10.2 Å². The van der Waals surface area contributed by atoms with Crippen LogP contribution in [-0.2, 0) is 19.1 Å². The SMILES string of the molecule is C=C(C(=O)OCC)N(C(=O)[C@@H]1C[C@@H](OC(=O)c2ccc([N+](=O)[O-])cc2)CN1)C1CC1.Cl. The average molecular weight is 454 g/mol. The van der Waals surface area contributed by atoms with Crippen LogP contribution in [0.4, 0.5) is 5.69 Å². The lowest BCUT2D eigenvalue weighted by atomic mass is 10.1. The number of amides is 1. The summed E-state index contributed by atoms with van der Waals surface area (Å²) in [5, 5.41) is 13.7. The Labute approximate surface area is 185 Å². The third-order valence-corrected chi connectivity index (χ3v) is 4.93. The van der Waals surface area contributed by atoms with E-state index in [1.165, 1.54) is 29.2 Å². The number of nitro benzene ring substituents is 1. The predicted octanol–water partition coefficient (Wildman–Crippen LogP) is 1.97. The first-order valence-electron chi connectivity index (χ1n) is 9.69. The zero-order valence-electron chi connectivity index (χ0n) is 16.9. The Kier molecular flexibility index (Phi) is 8.12. The third-order valence-electron chi connectivity index (χ3n) is 4.93. The Bertz CT molecular complexity index is 870. The van der Waals surface area contributed by atoms with Gasteiger partial charge in [-0.2, -0.15) is 0 Å². The van der Waals surface area contributed by atoms with E-state index in [1.807, 2.05) is 0 Å². The number of carbonyl (C=O) groups is 3. The molecule has 2 fully saturated rings. The maximum atomic E-state index is 13.0. The number of benzene rings is 1. The second-order valence-corrected chi connectivity index (χ2v) is 7.13. The monoisotopic (exact) mass is 453 g/mol. The fourth-order valence-electron chi connectivity index (χ4n) is 3.27. The normalized spacial score (nSPS) is 19.6. The molecule has 2 aliphatic rings. The van der Waals surface area contributed by atoms with Crippen LogP contribution in [0.3, 0.4) is 0 Å². The molecule has 0 aromatic heterocycles. The van der Waals surface area contributed by atoms with Gasteiger partial charge in [-0.1, -0.05) is 6.58 Å². The molecule has 1 N–H and O–H groups in total. The first kappa shape index (κ1) is 24.3. The largest absolute Gasteiger partial charge is 0.461 e. The van der Waals surface area contributed by atoms with E-state index in [1.54, 1.807) is 6.92 Å². The van der Waals surface area contributed by atoms with Gasteiger partial charge in [0.05, 0.1) is 23.1 Å². The summed E-state index contributed by atoms with van der Waals surface area (Å²) in [6.45, 7) is 5.87. The van der Waals surface area contributed by atoms with Gasteiger partial charge in [0.1, 0.15) is 11.8 Å². The highest BCUT2D eigenvalue weighted by molar-refractivity contribution is 5.95. The molecule has 1 saturated carbocycles. The van der Waals surface area contributed by atoms with Crippen molar-refractivity contribution in [3.63, 3.8) is 0 Å². The lowest BCUT2D eigenvalue weighted by Crippen LogP contribution is -2.45. The minimum Gasteiger partial charge on any atom is -0.461 e. The zero-order valence-corrected chi connectivity index (χ0v) is 17.8. The zero-order chi connectivity index (χ0) is 21.8. The minimum absolute atomic E-state index is 0. The van der Waals surface area contributed by atoms with E-state index in [0.717, 1.165) is 12.8 Å². The van der Waals surface area contributed by atoms with Gasteiger partial charge in [0.25, 0.3) is 5.69 Å². The summed E-state index contributed by atoms with van der Waals surface area (Å²) >= 11 is 0. The van der Waals surface area contributed by atoms with Crippen LogP contribution in [-0.4, -0.2) is 59.0 Å². The van der Waals surface area contributed by atoms with Gasteiger partial charge in [-0.05, 0) is 31.9 Å². The van der Waals surface area contributed by atoms with Crippen LogP contribution >= 0.6 is 12.4 Å². The van der Waals surface area contributed by atoms with E-state index < -0.39 is 29.0 Å². The van der Waals surface area contributed by atoms with Crippen molar-refractivity contribution >= 4 is 35.9 Å². The number of nitro groups is 1. The van der Waals surface area contributed by atoms with E-state index in [4.69, 9.17) is 9.47 Å². The first-order valence-corrected chi connectivity index (χ1v) is 9.69. The van der Waals surface area contributed by atoms with Crippen molar-refractivity contribution in [1.29, 1.82) is 0 Å². The summed E-state index contributed by atoms with van der Waals surface area (Å²) in [7, 11) is 0. The Morgan fingerprint density at radius 3 is 2.45 bits per heavy atom. The van der Waals surface area contributed by atoms with Gasteiger partial charge in [-0.3, -0.25) is 14.9 Å². The number of non-ortho nitro benzene ring substituents is 1. The Hall–Kier alpha value is -2.98. The molecule has 168 valence electrons. The van der Waals surface area contributed by atoms with Gasteiger partial charge in [0.15, 0.2) is 0 Å². The number of hydrogen-bond donors (Lipinski definition) is 1. The van der Waals surface area contributed by atoms with Gasteiger partial charge < -0.3 is 19.7 Å². The van der Waals surface area contributed by atoms with E-state index in [9.17, 15) is 24.5 Å². The molecule has 1 aliphatic carbocycles. The molecule has 0 unspecified atom stereocenters. The van der Waals surface area contributed by atoms with Crippen molar-refractivity contribution in [2.75, 3.05) is 13.2 Å². The van der Waals surface area contributed by atoms with Crippen LogP contribution in [0.2, 0.25) is 0 Å². The van der Waals surface area contributed by atoms with Gasteiger partial charge in [-0.25, -0.2) is 9.59 Å². The lowest BCUT2D eigenvalue weighted by Gasteiger charge is -2.26. The second kappa shape index (κ2) is 10.4. The highest BCUT2D eigenvalue weighted by atomic mass is 35.5. The minimum atomic E-state index is -0.628. The number of ether oxygens (including phenoxy) is 2. The quantitative estimate of drug-likeness (QED) is 0.274. The fourth-order valence-corrected chi connectivity index (χ4v) is 3.27. The molecular weight excluding hydrogens is 430 g/mol. The number of hydrogen-bond acceptors (Lipinski definition) is 8. The summed E-state index contributed by atoms with van der Waals surface area (Å²) in [5.74, 6) is -1.55. The molecule has 0 spiro atoms. The third kappa shape index (κ3) is 5.80. The number of halogens is 1. The molecule has 2 atom stereocenters. The molecular formula is C20H24ClN3O7. The molecule has 0 radical (unpaired) electrons. The summed E-state index contributed by atoms with van der Waals surface area (Å²) in [6, 6.07) is 4.41. The smallest absolute Gasteiger partial charge is 0.354 e. The van der Waals surface area contributed by atoms with Crippen LogP contribution < -0.4 is 5.32 Å². The number of nitrogens with zero attached hydrogens (tertiary/aromatic N) is 2. The molecule has 3 rings (SSSR count). The molecule has 31 heavy (non-hydrogen) atoms. The molecule has 10 nitrogen and oxygen atoms in total. The molecule has 1 saturated heterocycles. The van der Waals surface area contributed by atoms with Crippen molar-refractivity contribution in [2.45, 2.75) is 44.4 Å². The lowest BCUT2D eigenvalue weighted by molar-refractivity contribution is -0.384. The predicted molar refractivity (Wildman–Crippen MR) is 112 cm³/mol. The molecule has 0 bridgehead atoms. The van der Waals surface area contributed by atoms with Gasteiger partial charge in [-0.15, -0.1) is 12.4 Å². The molecule has 11 heteroatoms. The van der Waals surface area contributed by atoms with Gasteiger partial charge in [0, 0.05) is 31.1 Å². The maximum absolute atomic E-state index is 13.0. The summed E-state index contributed by atoms with van der Waals surface area (Å²) < 4.78 is 10.4. The van der Waals surface area contributed by atoms with Gasteiger partial charge >= 0.3 is 11.9 Å². The molecule has 1 heterocycles. The number of esters is 2. The standard InChI is InChI=1S/C20H23N3O7.ClH/c1-3-29-19(25)12(2)22(14-8-9-14)18(24)17-10-16(11-21-17)30-20(26)13-4-6-15(7-5-13)23(27)28;/h4-7,14,16-17,21H,2-3,8-11H2,1H3;1H/t16-,17+;/m1./s1. The van der Waals surface area contributed by atoms with Crippen LogP contribution in [0.25, 0.3) is 0 Å². The van der Waals surface area contributed by atoms with E-state index in [-0.39, 0.29) is 60.9 Å². The molecule has 1 aromatic rings. The number of carbonyl (C=O) groups excluding carboxylic acids is 3. The molecule has 1 aromatic carbocycles. The van der Waals surface area contributed by atoms with E-state index in [0.29, 0.717) is 0 Å². The van der Waals surface area contributed by atoms with Gasteiger partial charge in [0.2, 0.25) is 5.91 Å². The van der Waals surface area contributed by atoms with Crippen molar-refractivity contribution in [2.24, 2.45) is 0 Å². The summed E-state index contributed by atoms with van der Waals surface area (Å²) in [5.41, 5.74) is 0.0740. The van der Waals surface area contributed by atoms with Crippen molar-refractivity contribution in [3.05, 3.63) is 52.2 Å². The first-order chi connectivity index (χ1) is 14.3. The molecule has 1 aliphatic heterocycles. The van der Waals surface area contributed by atoms with E-state index >= 15 is 0 Å². The number of rotatable bonds is 8. The van der Waals surface area contributed by atoms with Crippen LogP contribution in [0.15, 0.2) is 36.5 Å². The Balaban J connectivity index is 0.00000341. The maximum Gasteiger partial charge on any atom is 0.354 e. The Morgan fingerprint density at radius 1 is 1.26 bits per heavy atom. The number of nitrogens with one attached hydrogen (secondary N) is 1. The van der Waals surface area contributed by atoms with Crippen LogP contribution in [0.5, 0.6) is 0 Å². The fraction of sp³-hybridized carbons (Fsp3) is 0.450. The van der Waals surface area contributed by atoms with Crippen molar-refractivity contribution in [3.8, 4) is 0 Å². The van der Waals surface area contributed by atoms with Crippen LogP contribution in [0, 0.1) is 10.1 Å². The topological polar surface area (TPSA) is 128 Å². The highest BCUT2D eigenvalue weighted by Crippen LogP contribution is 2.31.